The number of carbonyl (C=O) groups is 1. The molecule has 0 aliphatic rings. The molecule has 0 bridgehead atoms. The largest absolute Gasteiger partial charge is 0.338 e. The van der Waals surface area contributed by atoms with Crippen LogP contribution >= 0.6 is 15.9 Å². The van der Waals surface area contributed by atoms with E-state index in [-0.39, 0.29) is 15.8 Å². The summed E-state index contributed by atoms with van der Waals surface area (Å²) in [4.78, 5) is 14.3. The lowest BCUT2D eigenvalue weighted by molar-refractivity contribution is 0.0688. The first-order valence-corrected chi connectivity index (χ1v) is 7.55. The molecule has 3 nitrogen and oxygen atoms in total. The van der Waals surface area contributed by atoms with Gasteiger partial charge >= 0.3 is 0 Å². The summed E-state index contributed by atoms with van der Waals surface area (Å²) in [5, 5.41) is 0. The molecule has 0 aliphatic heterocycles. The van der Waals surface area contributed by atoms with Gasteiger partial charge in [-0.3, -0.25) is 4.79 Å². The fourth-order valence-electron chi connectivity index (χ4n) is 1.94. The molecule has 1 amide bonds. The van der Waals surface area contributed by atoms with E-state index in [0.717, 1.165) is 6.42 Å². The Balaban J connectivity index is 3.02. The predicted octanol–water partition coefficient (Wildman–Crippen LogP) is 3.43. The third kappa shape index (κ3) is 4.28. The number of rotatable bonds is 6. The van der Waals surface area contributed by atoms with E-state index in [1.807, 2.05) is 20.8 Å². The summed E-state index contributed by atoms with van der Waals surface area (Å²) in [6, 6.07) is 4.51. The summed E-state index contributed by atoms with van der Waals surface area (Å²) < 4.78 is 13.8. The molecule has 1 rings (SSSR count). The van der Waals surface area contributed by atoms with Crippen molar-refractivity contribution >= 4 is 21.8 Å². The molecule has 1 aromatic carbocycles. The Morgan fingerprint density at radius 3 is 2.65 bits per heavy atom. The van der Waals surface area contributed by atoms with Crippen LogP contribution in [0.2, 0.25) is 0 Å². The first kappa shape index (κ1) is 17.1. The number of nitrogens with two attached hydrogens (primary N) is 1. The molecule has 112 valence electrons. The van der Waals surface area contributed by atoms with Crippen molar-refractivity contribution in [2.45, 2.75) is 27.2 Å². The van der Waals surface area contributed by atoms with Gasteiger partial charge in [0.05, 0.1) is 10.0 Å². The maximum absolute atomic E-state index is 13.6. The molecule has 0 heterocycles. The number of hydrogen-bond acceptors (Lipinski definition) is 2. The fraction of sp³-hybridized carbons (Fsp3) is 0.533. The maximum Gasteiger partial charge on any atom is 0.255 e. The molecule has 0 radical (unpaired) electrons. The summed E-state index contributed by atoms with van der Waals surface area (Å²) in [5.74, 6) is -0.592. The van der Waals surface area contributed by atoms with Crippen LogP contribution in [0.25, 0.3) is 0 Å². The number of carbonyl (C=O) groups excluding carboxylic acids is 1. The Morgan fingerprint density at radius 1 is 1.45 bits per heavy atom. The van der Waals surface area contributed by atoms with E-state index in [9.17, 15) is 9.18 Å². The molecule has 5 heteroatoms. The number of nitrogens with zero attached hydrogens (tertiary/aromatic N) is 1. The number of halogens is 2. The van der Waals surface area contributed by atoms with Gasteiger partial charge in [-0.05, 0) is 46.4 Å². The van der Waals surface area contributed by atoms with E-state index in [1.54, 1.807) is 17.0 Å². The number of benzene rings is 1. The van der Waals surface area contributed by atoms with Gasteiger partial charge in [0.2, 0.25) is 0 Å². The van der Waals surface area contributed by atoms with Gasteiger partial charge in [0.25, 0.3) is 5.91 Å². The predicted molar refractivity (Wildman–Crippen MR) is 83.1 cm³/mol. The van der Waals surface area contributed by atoms with Gasteiger partial charge in [0, 0.05) is 13.1 Å². The smallest absolute Gasteiger partial charge is 0.255 e. The molecule has 1 aromatic rings. The highest BCUT2D eigenvalue weighted by Gasteiger charge is 2.25. The molecule has 0 unspecified atom stereocenters. The standard InChI is InChI=1S/C15H22BrFN2O/c1-4-8-19(10-15(2,3)9-18)14(20)11-6-5-7-12(17)13(11)16/h5-7H,4,8-10,18H2,1-3H3. The highest BCUT2D eigenvalue weighted by molar-refractivity contribution is 9.10. The van der Waals surface area contributed by atoms with E-state index in [2.05, 4.69) is 15.9 Å². The topological polar surface area (TPSA) is 46.3 Å². The van der Waals surface area contributed by atoms with Crippen LogP contribution in [0.3, 0.4) is 0 Å². The number of amides is 1. The van der Waals surface area contributed by atoms with Crippen LogP contribution in [0.4, 0.5) is 4.39 Å². The molecule has 0 saturated heterocycles. The quantitative estimate of drug-likeness (QED) is 0.859. The van der Waals surface area contributed by atoms with Gasteiger partial charge in [-0.1, -0.05) is 26.8 Å². The molecular weight excluding hydrogens is 323 g/mol. The van der Waals surface area contributed by atoms with Crippen molar-refractivity contribution in [3.63, 3.8) is 0 Å². The van der Waals surface area contributed by atoms with Crippen LogP contribution in [0.15, 0.2) is 22.7 Å². The maximum atomic E-state index is 13.6. The first-order chi connectivity index (χ1) is 9.32. The third-order valence-corrected chi connectivity index (χ3v) is 3.94. The minimum absolute atomic E-state index is 0.162. The lowest BCUT2D eigenvalue weighted by Crippen LogP contribution is -2.42. The van der Waals surface area contributed by atoms with Crippen LogP contribution in [-0.2, 0) is 0 Å². The average Bonchev–Trinajstić information content (AvgIpc) is 2.40. The van der Waals surface area contributed by atoms with Crippen molar-refractivity contribution in [2.75, 3.05) is 19.6 Å². The van der Waals surface area contributed by atoms with Crippen molar-refractivity contribution in [1.82, 2.24) is 4.90 Å². The zero-order valence-electron chi connectivity index (χ0n) is 12.2. The Bertz CT molecular complexity index is 477. The second-order valence-electron chi connectivity index (χ2n) is 5.70. The molecule has 20 heavy (non-hydrogen) atoms. The van der Waals surface area contributed by atoms with Crippen LogP contribution < -0.4 is 5.73 Å². The summed E-state index contributed by atoms with van der Waals surface area (Å²) >= 11 is 3.15. The molecule has 2 N–H and O–H groups in total. The van der Waals surface area contributed by atoms with Crippen molar-refractivity contribution in [2.24, 2.45) is 11.1 Å². The van der Waals surface area contributed by atoms with E-state index in [4.69, 9.17) is 5.73 Å². The van der Waals surface area contributed by atoms with Crippen molar-refractivity contribution < 1.29 is 9.18 Å². The molecular formula is C15H22BrFN2O. The Labute approximate surface area is 128 Å². The lowest BCUT2D eigenvalue weighted by atomic mass is 9.92. The van der Waals surface area contributed by atoms with E-state index < -0.39 is 5.82 Å². The van der Waals surface area contributed by atoms with Crippen molar-refractivity contribution in [3.05, 3.63) is 34.1 Å². The monoisotopic (exact) mass is 344 g/mol. The molecule has 0 fully saturated rings. The second kappa shape index (κ2) is 7.18. The van der Waals surface area contributed by atoms with E-state index in [0.29, 0.717) is 25.2 Å². The highest BCUT2D eigenvalue weighted by Crippen LogP contribution is 2.24. The zero-order chi connectivity index (χ0) is 15.3. The van der Waals surface area contributed by atoms with Crippen molar-refractivity contribution in [3.8, 4) is 0 Å². The van der Waals surface area contributed by atoms with Gasteiger partial charge in [-0.15, -0.1) is 0 Å². The van der Waals surface area contributed by atoms with Crippen LogP contribution in [0, 0.1) is 11.2 Å². The van der Waals surface area contributed by atoms with E-state index >= 15 is 0 Å². The van der Waals surface area contributed by atoms with Crippen LogP contribution in [0.5, 0.6) is 0 Å². The summed E-state index contributed by atoms with van der Waals surface area (Å²) in [7, 11) is 0. The first-order valence-electron chi connectivity index (χ1n) is 6.75. The van der Waals surface area contributed by atoms with Gasteiger partial charge < -0.3 is 10.6 Å². The number of hydrogen-bond donors (Lipinski definition) is 1. The third-order valence-electron chi connectivity index (χ3n) is 3.13. The summed E-state index contributed by atoms with van der Waals surface area (Å²) in [6.07, 6.45) is 0.847. The zero-order valence-corrected chi connectivity index (χ0v) is 13.8. The average molecular weight is 345 g/mol. The Hall–Kier alpha value is -0.940. The minimum Gasteiger partial charge on any atom is -0.338 e. The molecule has 0 aromatic heterocycles. The minimum atomic E-state index is -0.426. The lowest BCUT2D eigenvalue weighted by Gasteiger charge is -2.32. The van der Waals surface area contributed by atoms with E-state index in [1.165, 1.54) is 6.07 Å². The summed E-state index contributed by atoms with van der Waals surface area (Å²) in [6.45, 7) is 7.72. The summed E-state index contributed by atoms with van der Waals surface area (Å²) in [5.41, 5.74) is 5.93. The molecule has 0 aliphatic carbocycles. The SMILES string of the molecule is CCCN(CC(C)(C)CN)C(=O)c1cccc(F)c1Br. The van der Waals surface area contributed by atoms with Crippen LogP contribution in [-0.4, -0.2) is 30.4 Å². The van der Waals surface area contributed by atoms with Crippen LogP contribution in [0.1, 0.15) is 37.6 Å². The fourth-order valence-corrected chi connectivity index (χ4v) is 2.38. The van der Waals surface area contributed by atoms with Gasteiger partial charge in [0.1, 0.15) is 5.82 Å². The van der Waals surface area contributed by atoms with Gasteiger partial charge in [-0.25, -0.2) is 4.39 Å². The molecule has 0 saturated carbocycles. The molecule has 0 atom stereocenters. The highest BCUT2D eigenvalue weighted by atomic mass is 79.9. The Morgan fingerprint density at radius 2 is 2.10 bits per heavy atom. The molecule has 0 spiro atoms. The second-order valence-corrected chi connectivity index (χ2v) is 6.49. The van der Waals surface area contributed by atoms with Gasteiger partial charge in [-0.2, -0.15) is 0 Å². The van der Waals surface area contributed by atoms with Gasteiger partial charge in [0.15, 0.2) is 0 Å². The normalized spacial score (nSPS) is 11.5. The van der Waals surface area contributed by atoms with Crippen molar-refractivity contribution in [1.29, 1.82) is 0 Å². The Kier molecular flexibility index (Phi) is 6.14.